The van der Waals surface area contributed by atoms with Crippen LogP contribution in [-0.2, 0) is 0 Å². The van der Waals surface area contributed by atoms with Gasteiger partial charge in [0.25, 0.3) is 5.91 Å². The molecule has 3 aromatic rings. The minimum atomic E-state index is -0.203. The molecule has 0 aliphatic carbocycles. The molecule has 0 atom stereocenters. The number of anilines is 1. The van der Waals surface area contributed by atoms with Gasteiger partial charge in [-0.15, -0.1) is 11.3 Å². The first-order valence-corrected chi connectivity index (χ1v) is 11.4. The molecule has 3 nitrogen and oxygen atoms in total. The quantitative estimate of drug-likeness (QED) is 0.293. The third kappa shape index (κ3) is 5.71. The summed E-state index contributed by atoms with van der Waals surface area (Å²) >= 11 is 9.61. The molecule has 0 unspecified atom stereocenters. The van der Waals surface area contributed by atoms with Gasteiger partial charge >= 0.3 is 0 Å². The van der Waals surface area contributed by atoms with Gasteiger partial charge < -0.3 is 5.32 Å². The van der Waals surface area contributed by atoms with Crippen molar-refractivity contribution in [2.75, 3.05) is 11.1 Å². The van der Waals surface area contributed by atoms with Gasteiger partial charge in [0.05, 0.1) is 20.8 Å². The number of thiazole rings is 1. The van der Waals surface area contributed by atoms with Gasteiger partial charge in [-0.1, -0.05) is 68.1 Å². The molecule has 0 aliphatic rings. The van der Waals surface area contributed by atoms with Crippen molar-refractivity contribution in [2.24, 2.45) is 0 Å². The van der Waals surface area contributed by atoms with Crippen LogP contribution >= 0.6 is 34.7 Å². The number of carbonyl (C=O) groups excluding carboxylic acids is 1. The van der Waals surface area contributed by atoms with E-state index in [9.17, 15) is 4.79 Å². The highest BCUT2D eigenvalue weighted by Crippen LogP contribution is 2.32. The first-order valence-electron chi connectivity index (χ1n) is 9.26. The van der Waals surface area contributed by atoms with Gasteiger partial charge in [0.15, 0.2) is 4.34 Å². The number of nitrogens with zero attached hydrogens (tertiary/aromatic N) is 1. The van der Waals surface area contributed by atoms with Crippen LogP contribution in [0.4, 0.5) is 5.69 Å². The van der Waals surface area contributed by atoms with Crippen molar-refractivity contribution in [3.63, 3.8) is 0 Å². The fraction of sp³-hybridized carbons (Fsp3) is 0.333. The monoisotopic (exact) mass is 418 g/mol. The summed E-state index contributed by atoms with van der Waals surface area (Å²) in [5.41, 5.74) is 2.21. The third-order valence-electron chi connectivity index (χ3n) is 4.22. The highest BCUT2D eigenvalue weighted by atomic mass is 35.5. The molecular formula is C21H23ClN2OS2. The van der Waals surface area contributed by atoms with Crippen LogP contribution in [-0.4, -0.2) is 16.6 Å². The van der Waals surface area contributed by atoms with Crippen molar-refractivity contribution in [2.45, 2.75) is 43.4 Å². The van der Waals surface area contributed by atoms with E-state index in [0.29, 0.717) is 10.6 Å². The molecule has 0 saturated carbocycles. The predicted octanol–water partition coefficient (Wildman–Crippen LogP) is 7.26. The molecular weight excluding hydrogens is 396 g/mol. The Bertz CT molecular complexity index is 910. The molecule has 1 heterocycles. The normalized spacial score (nSPS) is 11.0. The number of amides is 1. The summed E-state index contributed by atoms with van der Waals surface area (Å²) in [6, 6.07) is 12.9. The topological polar surface area (TPSA) is 42.0 Å². The molecule has 0 aliphatic heterocycles. The van der Waals surface area contributed by atoms with Gasteiger partial charge in [-0.3, -0.25) is 4.79 Å². The molecule has 0 bridgehead atoms. The lowest BCUT2D eigenvalue weighted by molar-refractivity contribution is 0.102. The fourth-order valence-electron chi connectivity index (χ4n) is 2.75. The maximum Gasteiger partial charge on any atom is 0.257 e. The highest BCUT2D eigenvalue weighted by molar-refractivity contribution is 8.01. The minimum absolute atomic E-state index is 0.203. The zero-order valence-corrected chi connectivity index (χ0v) is 17.7. The Morgan fingerprint density at radius 1 is 1.15 bits per heavy atom. The lowest BCUT2D eigenvalue weighted by Crippen LogP contribution is -2.12. The molecule has 3 rings (SSSR count). The predicted molar refractivity (Wildman–Crippen MR) is 119 cm³/mol. The van der Waals surface area contributed by atoms with E-state index in [1.54, 1.807) is 29.5 Å². The van der Waals surface area contributed by atoms with Crippen LogP contribution in [0.2, 0.25) is 5.02 Å². The summed E-state index contributed by atoms with van der Waals surface area (Å²) in [5, 5.41) is 3.37. The lowest BCUT2D eigenvalue weighted by Gasteiger charge is -2.06. The van der Waals surface area contributed by atoms with Gasteiger partial charge in [0.2, 0.25) is 0 Å². The Kier molecular flexibility index (Phi) is 7.56. The number of hydrogen-bond donors (Lipinski definition) is 1. The van der Waals surface area contributed by atoms with E-state index in [-0.39, 0.29) is 5.91 Å². The molecule has 6 heteroatoms. The number of benzene rings is 2. The number of hydrogen-bond acceptors (Lipinski definition) is 4. The minimum Gasteiger partial charge on any atom is -0.322 e. The summed E-state index contributed by atoms with van der Waals surface area (Å²) in [6.45, 7) is 2.24. The van der Waals surface area contributed by atoms with Gasteiger partial charge in [0.1, 0.15) is 0 Å². The van der Waals surface area contributed by atoms with Crippen LogP contribution in [0, 0.1) is 0 Å². The lowest BCUT2D eigenvalue weighted by atomic mass is 10.2. The molecule has 0 spiro atoms. The van der Waals surface area contributed by atoms with E-state index < -0.39 is 0 Å². The Morgan fingerprint density at radius 2 is 1.96 bits per heavy atom. The molecule has 0 radical (unpaired) electrons. The molecule has 0 saturated heterocycles. The number of fused-ring (bicyclic) bond motifs is 1. The largest absolute Gasteiger partial charge is 0.322 e. The first-order chi connectivity index (χ1) is 13.2. The zero-order chi connectivity index (χ0) is 19.1. The Morgan fingerprint density at radius 3 is 2.78 bits per heavy atom. The number of unbranched alkanes of at least 4 members (excludes halogenated alkanes) is 4. The number of halogens is 1. The molecule has 0 fully saturated rings. The first kappa shape index (κ1) is 20.2. The van der Waals surface area contributed by atoms with Gasteiger partial charge in [-0.2, -0.15) is 0 Å². The van der Waals surface area contributed by atoms with Crippen molar-refractivity contribution >= 4 is 56.5 Å². The molecule has 1 aromatic heterocycles. The summed E-state index contributed by atoms with van der Waals surface area (Å²) < 4.78 is 2.18. The smallest absolute Gasteiger partial charge is 0.257 e. The molecule has 1 amide bonds. The standard InChI is InChI=1S/C21H23ClN2OS2/c1-2-3-4-5-8-13-26-21-24-18-12-11-15(14-19(18)27-21)23-20(25)16-9-6-7-10-17(16)22/h6-7,9-12,14H,2-5,8,13H2,1H3,(H,23,25). The summed E-state index contributed by atoms with van der Waals surface area (Å²) in [7, 11) is 0. The van der Waals surface area contributed by atoms with Crippen molar-refractivity contribution in [3.05, 3.63) is 53.1 Å². The van der Waals surface area contributed by atoms with Crippen LogP contribution in [0.1, 0.15) is 49.4 Å². The highest BCUT2D eigenvalue weighted by Gasteiger charge is 2.11. The van der Waals surface area contributed by atoms with E-state index in [2.05, 4.69) is 17.2 Å². The van der Waals surface area contributed by atoms with E-state index in [1.807, 2.05) is 36.0 Å². The summed E-state index contributed by atoms with van der Waals surface area (Å²) in [5.74, 6) is 0.908. The number of nitrogens with one attached hydrogen (secondary N) is 1. The van der Waals surface area contributed by atoms with Crippen LogP contribution < -0.4 is 5.32 Å². The number of rotatable bonds is 9. The average molecular weight is 419 g/mol. The van der Waals surface area contributed by atoms with Gasteiger partial charge in [0, 0.05) is 11.4 Å². The van der Waals surface area contributed by atoms with Gasteiger partial charge in [-0.25, -0.2) is 4.98 Å². The van der Waals surface area contributed by atoms with E-state index in [1.165, 1.54) is 32.1 Å². The number of carbonyl (C=O) groups is 1. The second-order valence-corrected chi connectivity index (χ2v) is 9.14. The van der Waals surface area contributed by atoms with Crippen molar-refractivity contribution in [1.29, 1.82) is 0 Å². The maximum absolute atomic E-state index is 12.4. The Hall–Kier alpha value is -1.56. The Labute approximate surface area is 173 Å². The van der Waals surface area contributed by atoms with E-state index >= 15 is 0 Å². The molecule has 2 aromatic carbocycles. The fourth-order valence-corrected chi connectivity index (χ4v) is 5.15. The number of aromatic nitrogens is 1. The average Bonchev–Trinajstić information content (AvgIpc) is 3.07. The van der Waals surface area contributed by atoms with E-state index in [4.69, 9.17) is 11.6 Å². The second kappa shape index (κ2) is 10.1. The van der Waals surface area contributed by atoms with Crippen LogP contribution in [0.25, 0.3) is 10.2 Å². The zero-order valence-electron chi connectivity index (χ0n) is 15.3. The van der Waals surface area contributed by atoms with Crippen molar-refractivity contribution in [1.82, 2.24) is 4.98 Å². The van der Waals surface area contributed by atoms with Crippen molar-refractivity contribution in [3.8, 4) is 0 Å². The second-order valence-electron chi connectivity index (χ2n) is 6.36. The summed E-state index contributed by atoms with van der Waals surface area (Å²) in [6.07, 6.45) is 6.46. The SMILES string of the molecule is CCCCCCCSc1nc2ccc(NC(=O)c3ccccc3Cl)cc2s1. The molecule has 142 valence electrons. The molecule has 27 heavy (non-hydrogen) atoms. The van der Waals surface area contributed by atoms with Crippen molar-refractivity contribution < 1.29 is 4.79 Å². The van der Waals surface area contributed by atoms with E-state index in [0.717, 1.165) is 26.0 Å². The number of thioether (sulfide) groups is 1. The maximum atomic E-state index is 12.4. The summed E-state index contributed by atoms with van der Waals surface area (Å²) in [4.78, 5) is 17.1. The van der Waals surface area contributed by atoms with Crippen LogP contribution in [0.3, 0.4) is 0 Å². The Balaban J connectivity index is 1.60. The van der Waals surface area contributed by atoms with Crippen LogP contribution in [0.15, 0.2) is 46.8 Å². The third-order valence-corrected chi connectivity index (χ3v) is 6.80. The van der Waals surface area contributed by atoms with Crippen LogP contribution in [0.5, 0.6) is 0 Å². The molecule has 1 N–H and O–H groups in total. The van der Waals surface area contributed by atoms with Gasteiger partial charge in [-0.05, 0) is 36.8 Å².